The molecule has 0 unspecified atom stereocenters. The molecule has 2 N–H and O–H groups in total. The molecule has 0 fully saturated rings. The molecule has 5 nitrogen and oxygen atoms in total. The third-order valence-corrected chi connectivity index (χ3v) is 5.47. The predicted molar refractivity (Wildman–Crippen MR) is 102 cm³/mol. The minimum Gasteiger partial charge on any atom is -0.239 e. The van der Waals surface area contributed by atoms with E-state index < -0.39 is 27.5 Å². The molecule has 0 amide bonds. The van der Waals surface area contributed by atoms with Gasteiger partial charge < -0.3 is 0 Å². The van der Waals surface area contributed by atoms with Crippen molar-refractivity contribution in [3.05, 3.63) is 77.7 Å². The number of hydrogen-bond donors (Lipinski definition) is 1. The first kappa shape index (κ1) is 19.2. The lowest BCUT2D eigenvalue weighted by atomic mass is 9.99. The number of rotatable bonds is 3. The van der Waals surface area contributed by atoms with E-state index in [0.29, 0.717) is 16.6 Å². The molecule has 0 spiro atoms. The molecule has 2 aromatic heterocycles. The highest BCUT2D eigenvalue weighted by atomic mass is 32.2. The van der Waals surface area contributed by atoms with Crippen LogP contribution in [-0.4, -0.2) is 18.0 Å². The number of fused-ring (bicyclic) bond motifs is 1. The number of nitrogens with two attached hydrogens (primary N) is 1. The Morgan fingerprint density at radius 3 is 2.28 bits per heavy atom. The summed E-state index contributed by atoms with van der Waals surface area (Å²) in [6, 6.07) is 11.1. The Labute approximate surface area is 164 Å². The second-order valence-electron chi connectivity index (χ2n) is 6.55. The molecule has 0 aliphatic heterocycles. The van der Waals surface area contributed by atoms with Crippen LogP contribution in [0.1, 0.15) is 5.56 Å². The monoisotopic (exact) mass is 417 g/mol. The van der Waals surface area contributed by atoms with Crippen molar-refractivity contribution >= 4 is 15.5 Å². The number of aryl methyl sites for hydroxylation is 1. The van der Waals surface area contributed by atoms with Gasteiger partial charge in [-0.25, -0.2) is 31.2 Å². The average molecular weight is 417 g/mol. The van der Waals surface area contributed by atoms with E-state index >= 15 is 0 Å². The van der Waals surface area contributed by atoms with Crippen molar-refractivity contribution in [1.82, 2.24) is 9.61 Å². The third-order valence-electron chi connectivity index (χ3n) is 4.54. The summed E-state index contributed by atoms with van der Waals surface area (Å²) in [7, 11) is -3.89. The van der Waals surface area contributed by atoms with E-state index in [9.17, 15) is 21.6 Å². The van der Waals surface area contributed by atoms with Crippen LogP contribution in [0.2, 0.25) is 0 Å². The Kier molecular flexibility index (Phi) is 4.44. The summed E-state index contributed by atoms with van der Waals surface area (Å²) in [5.74, 6) is -4.25. The maximum Gasteiger partial charge on any atom is 0.238 e. The Hall–Kier alpha value is -3.17. The summed E-state index contributed by atoms with van der Waals surface area (Å²) in [5, 5.41) is 9.50. The van der Waals surface area contributed by atoms with Gasteiger partial charge in [-0.15, -0.1) is 0 Å². The average Bonchev–Trinajstić information content (AvgIpc) is 3.03. The molecule has 4 aromatic rings. The molecule has 2 heterocycles. The van der Waals surface area contributed by atoms with E-state index in [0.717, 1.165) is 17.7 Å². The van der Waals surface area contributed by atoms with E-state index in [1.807, 2.05) is 13.0 Å². The summed E-state index contributed by atoms with van der Waals surface area (Å²) < 4.78 is 66.3. The molecular formula is C20H14F3N3O2S. The van der Waals surface area contributed by atoms with Crippen LogP contribution in [0.3, 0.4) is 0 Å². The summed E-state index contributed by atoms with van der Waals surface area (Å²) in [5.41, 5.74) is 2.30. The molecule has 0 aliphatic rings. The van der Waals surface area contributed by atoms with E-state index in [1.54, 1.807) is 12.3 Å². The Bertz CT molecular complexity index is 1360. The Balaban J connectivity index is 2.03. The number of nitrogens with zero attached hydrogens (tertiary/aromatic N) is 2. The van der Waals surface area contributed by atoms with Gasteiger partial charge in [-0.05, 0) is 48.4 Å². The van der Waals surface area contributed by atoms with Crippen molar-refractivity contribution in [2.45, 2.75) is 11.8 Å². The number of pyridine rings is 1. The van der Waals surface area contributed by atoms with Crippen LogP contribution in [0.15, 0.2) is 59.6 Å². The number of sulfonamides is 1. The number of aromatic nitrogens is 2. The predicted octanol–water partition coefficient (Wildman–Crippen LogP) is 4.04. The highest BCUT2D eigenvalue weighted by molar-refractivity contribution is 7.89. The van der Waals surface area contributed by atoms with Crippen LogP contribution < -0.4 is 5.14 Å². The Morgan fingerprint density at radius 1 is 0.931 bits per heavy atom. The first-order valence-electron chi connectivity index (χ1n) is 8.43. The molecule has 29 heavy (non-hydrogen) atoms. The third kappa shape index (κ3) is 3.28. The van der Waals surface area contributed by atoms with Crippen LogP contribution in [-0.2, 0) is 10.0 Å². The molecule has 0 atom stereocenters. The van der Waals surface area contributed by atoms with E-state index in [1.165, 1.54) is 28.8 Å². The SMILES string of the molecule is Cc1ccc2c(-c3ccc(S(N)(=O)=O)cc3)c(-c3ccc(F)c(F)c3F)nn2c1. The van der Waals surface area contributed by atoms with Crippen LogP contribution in [0.25, 0.3) is 27.9 Å². The standard InChI is InChI=1S/C20H14F3N3O2S/c1-11-2-9-16-17(12-3-5-13(6-4-12)29(24,27)28)20(25-26(16)10-11)14-7-8-15(21)19(23)18(14)22/h2-10H,1H3,(H2,24,27,28). The summed E-state index contributed by atoms with van der Waals surface area (Å²) >= 11 is 0. The van der Waals surface area contributed by atoms with Crippen molar-refractivity contribution in [3.8, 4) is 22.4 Å². The first-order valence-corrected chi connectivity index (χ1v) is 9.97. The topological polar surface area (TPSA) is 77.5 Å². The van der Waals surface area contributed by atoms with E-state index in [2.05, 4.69) is 5.10 Å². The van der Waals surface area contributed by atoms with Gasteiger partial charge in [-0.1, -0.05) is 18.2 Å². The van der Waals surface area contributed by atoms with Crippen molar-refractivity contribution in [2.75, 3.05) is 0 Å². The van der Waals surface area contributed by atoms with Gasteiger partial charge in [-0.3, -0.25) is 0 Å². The fourth-order valence-corrected chi connectivity index (χ4v) is 3.66. The normalized spacial score (nSPS) is 11.9. The van der Waals surface area contributed by atoms with Crippen molar-refractivity contribution in [2.24, 2.45) is 5.14 Å². The van der Waals surface area contributed by atoms with Gasteiger partial charge >= 0.3 is 0 Å². The lowest BCUT2D eigenvalue weighted by Gasteiger charge is -2.07. The summed E-state index contributed by atoms with van der Waals surface area (Å²) in [6.07, 6.45) is 1.71. The molecule has 0 bridgehead atoms. The molecule has 0 radical (unpaired) electrons. The number of hydrogen-bond acceptors (Lipinski definition) is 3. The largest absolute Gasteiger partial charge is 0.239 e. The van der Waals surface area contributed by atoms with Gasteiger partial charge in [0.2, 0.25) is 10.0 Å². The van der Waals surface area contributed by atoms with Gasteiger partial charge in [0.15, 0.2) is 17.5 Å². The van der Waals surface area contributed by atoms with Crippen LogP contribution in [0.5, 0.6) is 0 Å². The molecule has 4 rings (SSSR count). The van der Waals surface area contributed by atoms with Crippen molar-refractivity contribution in [3.63, 3.8) is 0 Å². The molecule has 9 heteroatoms. The highest BCUT2D eigenvalue weighted by Gasteiger charge is 2.23. The molecule has 0 saturated carbocycles. The zero-order valence-electron chi connectivity index (χ0n) is 15.0. The lowest BCUT2D eigenvalue weighted by Crippen LogP contribution is -2.11. The lowest BCUT2D eigenvalue weighted by molar-refractivity contribution is 0.449. The van der Waals surface area contributed by atoms with Gasteiger partial charge in [0.25, 0.3) is 0 Å². The van der Waals surface area contributed by atoms with Gasteiger partial charge in [-0.2, -0.15) is 5.10 Å². The minimum absolute atomic E-state index is 0.0888. The van der Waals surface area contributed by atoms with E-state index in [4.69, 9.17) is 5.14 Å². The summed E-state index contributed by atoms with van der Waals surface area (Å²) in [6.45, 7) is 1.85. The van der Waals surface area contributed by atoms with Gasteiger partial charge in [0.05, 0.1) is 10.4 Å². The maximum absolute atomic E-state index is 14.5. The van der Waals surface area contributed by atoms with Gasteiger partial charge in [0, 0.05) is 17.3 Å². The fraction of sp³-hybridized carbons (Fsp3) is 0.0500. The molecular weight excluding hydrogens is 403 g/mol. The number of benzene rings is 2. The first-order chi connectivity index (χ1) is 13.7. The molecule has 148 valence electrons. The highest BCUT2D eigenvalue weighted by Crippen LogP contribution is 2.37. The quantitative estimate of drug-likeness (QED) is 0.511. The zero-order valence-corrected chi connectivity index (χ0v) is 15.8. The van der Waals surface area contributed by atoms with Gasteiger partial charge in [0.1, 0.15) is 5.69 Å². The second-order valence-corrected chi connectivity index (χ2v) is 8.11. The molecule has 0 saturated heterocycles. The Morgan fingerprint density at radius 2 is 1.62 bits per heavy atom. The second kappa shape index (κ2) is 6.71. The molecule has 0 aliphatic carbocycles. The van der Waals surface area contributed by atoms with Crippen molar-refractivity contribution in [1.29, 1.82) is 0 Å². The van der Waals surface area contributed by atoms with E-state index in [-0.39, 0.29) is 16.2 Å². The smallest absolute Gasteiger partial charge is 0.238 e. The van der Waals surface area contributed by atoms with Crippen LogP contribution in [0.4, 0.5) is 13.2 Å². The minimum atomic E-state index is -3.89. The number of primary sulfonamides is 1. The molecule has 2 aromatic carbocycles. The fourth-order valence-electron chi connectivity index (χ4n) is 3.15. The van der Waals surface area contributed by atoms with Crippen LogP contribution >= 0.6 is 0 Å². The maximum atomic E-state index is 14.5. The van der Waals surface area contributed by atoms with Crippen LogP contribution in [0, 0.1) is 24.4 Å². The zero-order chi connectivity index (χ0) is 20.9. The van der Waals surface area contributed by atoms with Crippen molar-refractivity contribution < 1.29 is 21.6 Å². The number of halogens is 3. The summed E-state index contributed by atoms with van der Waals surface area (Å²) in [4.78, 5) is -0.0888.